The number of rotatable bonds is 5. The third-order valence-corrected chi connectivity index (χ3v) is 4.51. The highest BCUT2D eigenvalue weighted by Crippen LogP contribution is 2.39. The molecule has 1 saturated heterocycles. The van der Waals surface area contributed by atoms with E-state index in [1.54, 1.807) is 0 Å². The zero-order valence-electron chi connectivity index (χ0n) is 12.4. The molecule has 0 aromatic heterocycles. The van der Waals surface area contributed by atoms with Crippen molar-refractivity contribution in [2.75, 3.05) is 26.9 Å². The van der Waals surface area contributed by atoms with E-state index in [1.807, 2.05) is 19.2 Å². The normalized spacial score (nSPS) is 22.3. The first-order valence-corrected chi connectivity index (χ1v) is 8.03. The van der Waals surface area contributed by atoms with E-state index >= 15 is 0 Å². The van der Waals surface area contributed by atoms with E-state index in [-0.39, 0.29) is 6.04 Å². The fourth-order valence-corrected chi connectivity index (χ4v) is 3.31. The second kappa shape index (κ2) is 6.86. The van der Waals surface area contributed by atoms with Crippen LogP contribution in [0.3, 0.4) is 0 Å². The van der Waals surface area contributed by atoms with Crippen LogP contribution in [-0.2, 0) is 4.74 Å². The molecule has 0 radical (unpaired) electrons. The molecule has 0 aliphatic carbocycles. The highest BCUT2D eigenvalue weighted by Gasteiger charge is 2.22. The zero-order valence-corrected chi connectivity index (χ0v) is 13.1. The van der Waals surface area contributed by atoms with E-state index in [9.17, 15) is 0 Å². The standard InChI is InChI=1S/C16H22ClNO3/c1-18-14(5-4-11-3-2-6-19-11)12-9-15-16(10-13(12)17)21-8-7-20-15/h9-11,14,18H,2-8H2,1H3. The van der Waals surface area contributed by atoms with E-state index in [0.717, 1.165) is 41.5 Å². The minimum absolute atomic E-state index is 0.206. The molecule has 2 atom stereocenters. The van der Waals surface area contributed by atoms with E-state index in [1.165, 1.54) is 12.8 Å². The summed E-state index contributed by atoms with van der Waals surface area (Å²) in [5.74, 6) is 1.53. The van der Waals surface area contributed by atoms with Gasteiger partial charge in [0.15, 0.2) is 11.5 Å². The monoisotopic (exact) mass is 311 g/mol. The molecule has 116 valence electrons. The molecule has 2 unspecified atom stereocenters. The molecular formula is C16H22ClNO3. The van der Waals surface area contributed by atoms with Crippen molar-refractivity contribution < 1.29 is 14.2 Å². The number of hydrogen-bond donors (Lipinski definition) is 1. The van der Waals surface area contributed by atoms with Crippen molar-refractivity contribution in [2.24, 2.45) is 0 Å². The second-order valence-corrected chi connectivity index (χ2v) is 5.98. The topological polar surface area (TPSA) is 39.7 Å². The van der Waals surface area contributed by atoms with Gasteiger partial charge in [0.2, 0.25) is 0 Å². The number of hydrogen-bond acceptors (Lipinski definition) is 4. The van der Waals surface area contributed by atoms with Crippen molar-refractivity contribution in [1.82, 2.24) is 5.32 Å². The fourth-order valence-electron chi connectivity index (χ4n) is 3.03. The van der Waals surface area contributed by atoms with E-state index < -0.39 is 0 Å². The highest BCUT2D eigenvalue weighted by molar-refractivity contribution is 6.31. The maximum Gasteiger partial charge on any atom is 0.162 e. The molecular weight excluding hydrogens is 290 g/mol. The van der Waals surface area contributed by atoms with Crippen molar-refractivity contribution in [1.29, 1.82) is 0 Å². The molecule has 1 aromatic rings. The number of halogens is 1. The molecule has 1 aromatic carbocycles. The molecule has 2 heterocycles. The number of nitrogens with one attached hydrogen (secondary N) is 1. The number of ether oxygens (including phenoxy) is 3. The Bertz CT molecular complexity index is 489. The molecule has 0 saturated carbocycles. The Balaban J connectivity index is 1.72. The van der Waals surface area contributed by atoms with Gasteiger partial charge in [-0.25, -0.2) is 0 Å². The predicted molar refractivity (Wildman–Crippen MR) is 82.5 cm³/mol. The fraction of sp³-hybridized carbons (Fsp3) is 0.625. The average Bonchev–Trinajstić information content (AvgIpc) is 3.01. The van der Waals surface area contributed by atoms with Gasteiger partial charge in [-0.05, 0) is 44.4 Å². The van der Waals surface area contributed by atoms with Crippen LogP contribution in [0.15, 0.2) is 12.1 Å². The maximum atomic E-state index is 6.42. The summed E-state index contributed by atoms with van der Waals surface area (Å²) in [6.45, 7) is 2.07. The van der Waals surface area contributed by atoms with Crippen LogP contribution in [0.5, 0.6) is 11.5 Å². The smallest absolute Gasteiger partial charge is 0.162 e. The van der Waals surface area contributed by atoms with E-state index in [2.05, 4.69) is 5.32 Å². The van der Waals surface area contributed by atoms with Crippen LogP contribution < -0.4 is 14.8 Å². The summed E-state index contributed by atoms with van der Waals surface area (Å²) in [5.41, 5.74) is 1.07. The number of fused-ring (bicyclic) bond motifs is 1. The predicted octanol–water partition coefficient (Wildman–Crippen LogP) is 3.33. The summed E-state index contributed by atoms with van der Waals surface area (Å²) in [4.78, 5) is 0. The van der Waals surface area contributed by atoms with Crippen molar-refractivity contribution in [3.05, 3.63) is 22.7 Å². The Morgan fingerprint density at radius 3 is 2.67 bits per heavy atom. The van der Waals surface area contributed by atoms with Gasteiger partial charge in [0.05, 0.1) is 6.10 Å². The van der Waals surface area contributed by atoms with Crippen LogP contribution in [-0.4, -0.2) is 33.0 Å². The first-order chi connectivity index (χ1) is 10.3. The summed E-state index contributed by atoms with van der Waals surface area (Å²) in [6, 6.07) is 4.08. The van der Waals surface area contributed by atoms with Gasteiger partial charge < -0.3 is 19.5 Å². The van der Waals surface area contributed by atoms with Gasteiger partial charge in [0.25, 0.3) is 0 Å². The number of benzene rings is 1. The molecule has 0 spiro atoms. The molecule has 2 aliphatic rings. The van der Waals surface area contributed by atoms with Crippen LogP contribution in [0.4, 0.5) is 0 Å². The van der Waals surface area contributed by atoms with Crippen LogP contribution in [0, 0.1) is 0 Å². The molecule has 3 rings (SSSR count). The van der Waals surface area contributed by atoms with Crippen molar-refractivity contribution in [3.8, 4) is 11.5 Å². The molecule has 2 aliphatic heterocycles. The first-order valence-electron chi connectivity index (χ1n) is 7.66. The van der Waals surface area contributed by atoms with E-state index in [0.29, 0.717) is 19.3 Å². The van der Waals surface area contributed by atoms with Crippen LogP contribution in [0.2, 0.25) is 5.02 Å². The lowest BCUT2D eigenvalue weighted by Crippen LogP contribution is -2.20. The molecule has 1 N–H and O–H groups in total. The Labute approximate surface area is 130 Å². The Morgan fingerprint density at radius 1 is 1.24 bits per heavy atom. The van der Waals surface area contributed by atoms with Gasteiger partial charge in [0.1, 0.15) is 13.2 Å². The summed E-state index contributed by atoms with van der Waals surface area (Å²) in [7, 11) is 1.97. The zero-order chi connectivity index (χ0) is 14.7. The van der Waals surface area contributed by atoms with Gasteiger partial charge in [-0.15, -0.1) is 0 Å². The summed E-state index contributed by atoms with van der Waals surface area (Å²) in [5, 5.41) is 4.08. The molecule has 0 amide bonds. The van der Waals surface area contributed by atoms with Gasteiger partial charge in [-0.1, -0.05) is 11.6 Å². The molecule has 0 bridgehead atoms. The first kappa shape index (κ1) is 14.9. The SMILES string of the molecule is CNC(CCC1CCCO1)c1cc2c(cc1Cl)OCCO2. The third kappa shape index (κ3) is 3.44. The van der Waals surface area contributed by atoms with Gasteiger partial charge >= 0.3 is 0 Å². The lowest BCUT2D eigenvalue weighted by molar-refractivity contribution is 0.0998. The lowest BCUT2D eigenvalue weighted by Gasteiger charge is -2.24. The summed E-state index contributed by atoms with van der Waals surface area (Å²) >= 11 is 6.42. The Hall–Kier alpha value is -0.970. The Kier molecular flexibility index (Phi) is 4.88. The molecule has 1 fully saturated rings. The molecule has 4 nitrogen and oxygen atoms in total. The average molecular weight is 312 g/mol. The van der Waals surface area contributed by atoms with Crippen LogP contribution in [0.1, 0.15) is 37.3 Å². The largest absolute Gasteiger partial charge is 0.486 e. The lowest BCUT2D eigenvalue weighted by atomic mass is 9.98. The van der Waals surface area contributed by atoms with E-state index in [4.69, 9.17) is 25.8 Å². The molecule has 5 heteroatoms. The highest BCUT2D eigenvalue weighted by atomic mass is 35.5. The van der Waals surface area contributed by atoms with Crippen LogP contribution in [0.25, 0.3) is 0 Å². The maximum absolute atomic E-state index is 6.42. The van der Waals surface area contributed by atoms with Gasteiger partial charge in [-0.2, -0.15) is 0 Å². The van der Waals surface area contributed by atoms with Crippen molar-refractivity contribution >= 4 is 11.6 Å². The molecule has 21 heavy (non-hydrogen) atoms. The van der Waals surface area contributed by atoms with Gasteiger partial charge in [-0.3, -0.25) is 0 Å². The van der Waals surface area contributed by atoms with Crippen LogP contribution >= 0.6 is 11.6 Å². The quantitative estimate of drug-likeness (QED) is 0.905. The van der Waals surface area contributed by atoms with Crippen molar-refractivity contribution in [3.63, 3.8) is 0 Å². The summed E-state index contributed by atoms with van der Waals surface area (Å²) in [6.07, 6.45) is 4.80. The third-order valence-electron chi connectivity index (χ3n) is 4.19. The minimum atomic E-state index is 0.206. The minimum Gasteiger partial charge on any atom is -0.486 e. The second-order valence-electron chi connectivity index (χ2n) is 5.57. The summed E-state index contributed by atoms with van der Waals surface area (Å²) < 4.78 is 16.9. The Morgan fingerprint density at radius 2 is 2.00 bits per heavy atom. The van der Waals surface area contributed by atoms with Crippen molar-refractivity contribution in [2.45, 2.75) is 37.8 Å². The van der Waals surface area contributed by atoms with Gasteiger partial charge in [0, 0.05) is 23.7 Å².